The maximum absolute atomic E-state index is 13.6. The minimum Gasteiger partial charge on any atom is -0.480 e. The average molecular weight is 486 g/mol. The molecule has 3 heterocycles. The van der Waals surface area contributed by atoms with Crippen LogP contribution in [0.3, 0.4) is 0 Å². The van der Waals surface area contributed by atoms with Gasteiger partial charge in [0.25, 0.3) is 5.91 Å². The van der Waals surface area contributed by atoms with Crippen molar-refractivity contribution in [3.05, 3.63) is 74.6 Å². The highest BCUT2D eigenvalue weighted by atomic mass is 79.9. The summed E-state index contributed by atoms with van der Waals surface area (Å²) in [5.74, 6) is 0.147. The highest BCUT2D eigenvalue weighted by Gasteiger charge is 2.44. The third kappa shape index (κ3) is 3.17. The van der Waals surface area contributed by atoms with Crippen LogP contribution < -0.4 is 9.64 Å². The number of aromatic nitrogens is 2. The molecule has 0 saturated heterocycles. The van der Waals surface area contributed by atoms with E-state index in [-0.39, 0.29) is 11.9 Å². The number of methoxy groups -OCH3 is 1. The number of rotatable bonds is 4. The molecule has 4 rings (SSSR count). The standard InChI is InChI=1S/C22H18BrClN4O2/c1-12(2)27-18(23)9-16-20(27)19(14-6-4-13(10-25)5-7-14)28(22(16)29)17-8-15(24)11-26-21(17)30-3/h4-9,11-12,19H,1-3H3. The number of nitriles is 1. The van der Waals surface area contributed by atoms with Gasteiger partial charge in [-0.1, -0.05) is 23.7 Å². The van der Waals surface area contributed by atoms with Crippen LogP contribution in [-0.4, -0.2) is 22.6 Å². The second kappa shape index (κ2) is 7.78. The van der Waals surface area contributed by atoms with Crippen molar-refractivity contribution in [3.63, 3.8) is 0 Å². The van der Waals surface area contributed by atoms with E-state index < -0.39 is 6.04 Å². The Bertz CT molecular complexity index is 1180. The summed E-state index contributed by atoms with van der Waals surface area (Å²) < 4.78 is 8.37. The highest BCUT2D eigenvalue weighted by Crippen LogP contribution is 2.47. The van der Waals surface area contributed by atoms with Gasteiger partial charge in [0, 0.05) is 12.2 Å². The molecule has 1 unspecified atom stereocenters. The van der Waals surface area contributed by atoms with Crippen LogP contribution in [0.2, 0.25) is 5.02 Å². The van der Waals surface area contributed by atoms with Gasteiger partial charge in [0.05, 0.1) is 39.6 Å². The number of carbonyl (C=O) groups excluding carboxylic acids is 1. The van der Waals surface area contributed by atoms with Gasteiger partial charge >= 0.3 is 0 Å². The Labute approximate surface area is 187 Å². The van der Waals surface area contributed by atoms with Gasteiger partial charge in [-0.05, 0) is 59.6 Å². The molecule has 0 spiro atoms. The van der Waals surface area contributed by atoms with E-state index in [4.69, 9.17) is 16.3 Å². The number of hydrogen-bond donors (Lipinski definition) is 0. The molecule has 2 aromatic heterocycles. The summed E-state index contributed by atoms with van der Waals surface area (Å²) in [5.41, 5.74) is 3.39. The van der Waals surface area contributed by atoms with Crippen LogP contribution in [0.15, 0.2) is 47.2 Å². The number of amides is 1. The second-order valence-corrected chi connectivity index (χ2v) is 8.47. The number of halogens is 2. The lowest BCUT2D eigenvalue weighted by Gasteiger charge is -2.29. The monoisotopic (exact) mass is 484 g/mol. The first-order chi connectivity index (χ1) is 14.4. The number of benzene rings is 1. The van der Waals surface area contributed by atoms with Crippen molar-refractivity contribution in [1.82, 2.24) is 9.55 Å². The normalized spacial score (nSPS) is 15.4. The number of carbonyl (C=O) groups is 1. The molecule has 1 aliphatic rings. The van der Waals surface area contributed by atoms with Gasteiger partial charge in [0.1, 0.15) is 11.7 Å². The van der Waals surface area contributed by atoms with Crippen LogP contribution in [-0.2, 0) is 0 Å². The third-order valence-electron chi connectivity index (χ3n) is 5.12. The summed E-state index contributed by atoms with van der Waals surface area (Å²) >= 11 is 9.82. The molecule has 8 heteroatoms. The number of pyridine rings is 1. The number of anilines is 1. The van der Waals surface area contributed by atoms with E-state index in [9.17, 15) is 10.1 Å². The molecule has 1 aliphatic heterocycles. The van der Waals surface area contributed by atoms with Gasteiger partial charge in [0.15, 0.2) is 0 Å². The van der Waals surface area contributed by atoms with E-state index in [0.717, 1.165) is 15.9 Å². The van der Waals surface area contributed by atoms with Crippen LogP contribution in [0, 0.1) is 11.3 Å². The van der Waals surface area contributed by atoms with Crippen molar-refractivity contribution in [2.24, 2.45) is 0 Å². The molecule has 1 atom stereocenters. The molecular weight excluding hydrogens is 468 g/mol. The Morgan fingerprint density at radius 2 is 1.97 bits per heavy atom. The molecular formula is C22H18BrClN4O2. The molecule has 0 radical (unpaired) electrons. The minimum absolute atomic E-state index is 0.121. The van der Waals surface area contributed by atoms with Crippen LogP contribution in [0.5, 0.6) is 5.88 Å². The van der Waals surface area contributed by atoms with Crippen LogP contribution >= 0.6 is 27.5 Å². The van der Waals surface area contributed by atoms with Gasteiger partial charge in [-0.25, -0.2) is 4.98 Å². The number of fused-ring (bicyclic) bond motifs is 1. The van der Waals surface area contributed by atoms with E-state index in [1.807, 2.05) is 18.2 Å². The third-order valence-corrected chi connectivity index (χ3v) is 5.94. The largest absolute Gasteiger partial charge is 0.480 e. The first-order valence-electron chi connectivity index (χ1n) is 9.31. The molecule has 0 saturated carbocycles. The van der Waals surface area contributed by atoms with Gasteiger partial charge < -0.3 is 9.30 Å². The lowest BCUT2D eigenvalue weighted by molar-refractivity contribution is 0.0992. The maximum atomic E-state index is 13.6. The summed E-state index contributed by atoms with van der Waals surface area (Å²) in [6, 6.07) is 12.6. The zero-order chi connectivity index (χ0) is 21.6. The Hall–Kier alpha value is -2.82. The lowest BCUT2D eigenvalue weighted by atomic mass is 10.0. The van der Waals surface area contributed by atoms with E-state index >= 15 is 0 Å². The molecule has 152 valence electrons. The Kier molecular flexibility index (Phi) is 5.31. The fraction of sp³-hybridized carbons (Fsp3) is 0.227. The van der Waals surface area contributed by atoms with Crippen molar-refractivity contribution < 1.29 is 9.53 Å². The number of ether oxygens (including phenoxy) is 1. The van der Waals surface area contributed by atoms with E-state index in [0.29, 0.717) is 27.7 Å². The second-order valence-electron chi connectivity index (χ2n) is 7.22. The van der Waals surface area contributed by atoms with Gasteiger partial charge in [-0.3, -0.25) is 9.69 Å². The summed E-state index contributed by atoms with van der Waals surface area (Å²) in [7, 11) is 1.51. The number of nitrogens with zero attached hydrogens (tertiary/aromatic N) is 4. The van der Waals surface area contributed by atoms with Crippen LogP contribution in [0.1, 0.15) is 53.1 Å². The van der Waals surface area contributed by atoms with Crippen LogP contribution in [0.4, 0.5) is 5.69 Å². The highest BCUT2D eigenvalue weighted by molar-refractivity contribution is 9.10. The molecule has 1 aromatic carbocycles. The van der Waals surface area contributed by atoms with E-state index in [1.165, 1.54) is 13.3 Å². The molecule has 0 bridgehead atoms. The zero-order valence-corrected chi connectivity index (χ0v) is 18.9. The minimum atomic E-state index is -0.428. The quantitative estimate of drug-likeness (QED) is 0.488. The molecule has 6 nitrogen and oxygen atoms in total. The van der Waals surface area contributed by atoms with Crippen molar-refractivity contribution in [1.29, 1.82) is 5.26 Å². The smallest absolute Gasteiger partial charge is 0.261 e. The Morgan fingerprint density at radius 1 is 1.27 bits per heavy atom. The van der Waals surface area contributed by atoms with Crippen molar-refractivity contribution in [2.45, 2.75) is 25.9 Å². The summed E-state index contributed by atoms with van der Waals surface area (Å²) in [6.45, 7) is 4.13. The van der Waals surface area contributed by atoms with Crippen LogP contribution in [0.25, 0.3) is 0 Å². The Balaban J connectivity index is 1.99. The van der Waals surface area contributed by atoms with E-state index in [2.05, 4.69) is 45.4 Å². The van der Waals surface area contributed by atoms with E-state index in [1.54, 1.807) is 23.1 Å². The summed E-state index contributed by atoms with van der Waals surface area (Å²) in [5, 5.41) is 9.58. The number of hydrogen-bond acceptors (Lipinski definition) is 4. The fourth-order valence-corrected chi connectivity index (χ4v) is 4.87. The molecule has 30 heavy (non-hydrogen) atoms. The maximum Gasteiger partial charge on any atom is 0.261 e. The first kappa shape index (κ1) is 20.5. The van der Waals surface area contributed by atoms with Crippen molar-refractivity contribution in [3.8, 4) is 11.9 Å². The van der Waals surface area contributed by atoms with Gasteiger partial charge in [0.2, 0.25) is 5.88 Å². The Morgan fingerprint density at radius 3 is 2.57 bits per heavy atom. The topological polar surface area (TPSA) is 71.2 Å². The molecule has 1 amide bonds. The summed E-state index contributed by atoms with van der Waals surface area (Å²) in [6.07, 6.45) is 1.49. The predicted octanol–water partition coefficient (Wildman–Crippen LogP) is 5.51. The molecule has 3 aromatic rings. The summed E-state index contributed by atoms with van der Waals surface area (Å²) in [4.78, 5) is 19.5. The SMILES string of the molecule is COc1ncc(Cl)cc1N1C(=O)c2cc(Br)n(C(C)C)c2C1c1ccc(C#N)cc1. The average Bonchev–Trinajstić information content (AvgIpc) is 3.21. The molecule has 0 N–H and O–H groups in total. The lowest BCUT2D eigenvalue weighted by Crippen LogP contribution is -2.30. The van der Waals surface area contributed by atoms with Gasteiger partial charge in [-0.15, -0.1) is 0 Å². The first-order valence-corrected chi connectivity index (χ1v) is 10.5. The zero-order valence-electron chi connectivity index (χ0n) is 16.6. The van der Waals surface area contributed by atoms with Crippen molar-refractivity contribution >= 4 is 39.1 Å². The fourth-order valence-electron chi connectivity index (χ4n) is 3.89. The van der Waals surface area contributed by atoms with Gasteiger partial charge in [-0.2, -0.15) is 5.26 Å². The van der Waals surface area contributed by atoms with Crippen molar-refractivity contribution in [2.75, 3.05) is 12.0 Å². The predicted molar refractivity (Wildman–Crippen MR) is 118 cm³/mol. The molecule has 0 fully saturated rings. The molecule has 0 aliphatic carbocycles.